The van der Waals surface area contributed by atoms with Crippen LogP contribution in [0.25, 0.3) is 0 Å². The lowest BCUT2D eigenvalue weighted by molar-refractivity contribution is -0.155. The van der Waals surface area contributed by atoms with Crippen LogP contribution in [0.4, 0.5) is 0 Å². The van der Waals surface area contributed by atoms with Gasteiger partial charge in [-0.1, -0.05) is 30.3 Å². The van der Waals surface area contributed by atoms with E-state index in [4.69, 9.17) is 9.47 Å². The molecule has 1 aliphatic heterocycles. The van der Waals surface area contributed by atoms with Gasteiger partial charge in [0.15, 0.2) is 19.0 Å². The smallest absolute Gasteiger partial charge is 0.344 e. The van der Waals surface area contributed by atoms with E-state index in [1.807, 2.05) is 6.07 Å². The molecule has 0 radical (unpaired) electrons. The number of likely N-dealkylation sites (tertiary alicyclic amines) is 1. The number of hydrogen-bond donors (Lipinski definition) is 0. The Hall–Kier alpha value is -3.48. The number of esters is 1. The molecule has 0 saturated carbocycles. The summed E-state index contributed by atoms with van der Waals surface area (Å²) in [6.45, 7) is -0.509. The minimum atomic E-state index is -0.718. The quantitative estimate of drug-likeness (QED) is 0.538. The summed E-state index contributed by atoms with van der Waals surface area (Å²) >= 11 is 0. The number of carbonyl (C=O) groups excluding carboxylic acids is 4. The van der Waals surface area contributed by atoms with Crippen LogP contribution in [0.15, 0.2) is 54.6 Å². The molecule has 7 heteroatoms. The van der Waals surface area contributed by atoms with Gasteiger partial charge in [0.1, 0.15) is 5.75 Å². The van der Waals surface area contributed by atoms with E-state index in [0.717, 1.165) is 4.90 Å². The summed E-state index contributed by atoms with van der Waals surface area (Å²) in [5.41, 5.74) is 1.09. The van der Waals surface area contributed by atoms with Gasteiger partial charge in [-0.3, -0.25) is 19.3 Å². The molecule has 0 N–H and O–H groups in total. The molecule has 2 aromatic rings. The van der Waals surface area contributed by atoms with Gasteiger partial charge in [0, 0.05) is 24.1 Å². The molecule has 1 fully saturated rings. The Morgan fingerprint density at radius 1 is 0.893 bits per heavy atom. The van der Waals surface area contributed by atoms with Gasteiger partial charge in [0.05, 0.1) is 0 Å². The largest absolute Gasteiger partial charge is 0.482 e. The van der Waals surface area contributed by atoms with Gasteiger partial charge in [0.25, 0.3) is 5.91 Å². The van der Waals surface area contributed by atoms with Gasteiger partial charge < -0.3 is 9.47 Å². The summed E-state index contributed by atoms with van der Waals surface area (Å²) in [5.74, 6) is -1.21. The molecule has 2 aromatic carbocycles. The number of benzene rings is 2. The number of imide groups is 1. The Balaban J connectivity index is 1.45. The maximum Gasteiger partial charge on any atom is 0.344 e. The van der Waals surface area contributed by atoms with Crippen molar-refractivity contribution in [3.63, 3.8) is 0 Å². The molecule has 1 saturated heterocycles. The molecule has 1 heterocycles. The summed E-state index contributed by atoms with van der Waals surface area (Å²) < 4.78 is 10.2. The minimum absolute atomic E-state index is 0.110. The standard InChI is InChI=1S/C21H19NO6/c23-18-7-4-12-22(18)19(24)13-28-20(25)14-27-17-10-8-16(9-11-17)21(26)15-5-2-1-3-6-15/h1-3,5-6,8-11H,4,7,12-14H2. The van der Waals surface area contributed by atoms with E-state index in [-0.39, 0.29) is 18.3 Å². The minimum Gasteiger partial charge on any atom is -0.482 e. The second-order valence-corrected chi connectivity index (χ2v) is 6.21. The predicted molar refractivity (Wildman–Crippen MR) is 98.7 cm³/mol. The zero-order valence-corrected chi connectivity index (χ0v) is 15.1. The van der Waals surface area contributed by atoms with Crippen LogP contribution in [-0.4, -0.2) is 48.2 Å². The van der Waals surface area contributed by atoms with E-state index in [1.165, 1.54) is 0 Å². The summed E-state index contributed by atoms with van der Waals surface area (Å²) in [7, 11) is 0. The Bertz CT molecular complexity index is 876. The summed E-state index contributed by atoms with van der Waals surface area (Å²) in [6, 6.07) is 15.3. The fraction of sp³-hybridized carbons (Fsp3) is 0.238. The highest BCUT2D eigenvalue weighted by Crippen LogP contribution is 2.15. The summed E-state index contributed by atoms with van der Waals surface area (Å²) in [4.78, 5) is 48.4. The molecule has 0 bridgehead atoms. The third-order valence-corrected chi connectivity index (χ3v) is 4.24. The lowest BCUT2D eigenvalue weighted by Crippen LogP contribution is -2.35. The number of hydrogen-bond acceptors (Lipinski definition) is 6. The first kappa shape index (κ1) is 19.3. The van der Waals surface area contributed by atoms with Crippen molar-refractivity contribution in [3.05, 3.63) is 65.7 Å². The fourth-order valence-electron chi connectivity index (χ4n) is 2.77. The van der Waals surface area contributed by atoms with Crippen LogP contribution in [0.1, 0.15) is 28.8 Å². The highest BCUT2D eigenvalue weighted by atomic mass is 16.6. The van der Waals surface area contributed by atoms with E-state index in [0.29, 0.717) is 36.3 Å². The maximum atomic E-state index is 12.3. The first-order valence-corrected chi connectivity index (χ1v) is 8.86. The zero-order chi connectivity index (χ0) is 19.9. The fourth-order valence-corrected chi connectivity index (χ4v) is 2.77. The SMILES string of the molecule is O=C(COc1ccc(C(=O)c2ccccc2)cc1)OCC(=O)N1CCCC1=O. The van der Waals surface area contributed by atoms with Crippen molar-refractivity contribution in [2.45, 2.75) is 12.8 Å². The van der Waals surface area contributed by atoms with Crippen LogP contribution in [-0.2, 0) is 19.1 Å². The van der Waals surface area contributed by atoms with Crippen LogP contribution in [0, 0.1) is 0 Å². The molecule has 0 aromatic heterocycles. The van der Waals surface area contributed by atoms with Gasteiger partial charge >= 0.3 is 5.97 Å². The van der Waals surface area contributed by atoms with Crippen LogP contribution < -0.4 is 4.74 Å². The van der Waals surface area contributed by atoms with E-state index in [1.54, 1.807) is 48.5 Å². The van der Waals surface area contributed by atoms with Crippen LogP contribution in [0.2, 0.25) is 0 Å². The Morgan fingerprint density at radius 2 is 1.57 bits per heavy atom. The normalized spacial score (nSPS) is 13.3. The van der Waals surface area contributed by atoms with Crippen LogP contribution in [0.5, 0.6) is 5.75 Å². The molecular weight excluding hydrogens is 362 g/mol. The number of ether oxygens (including phenoxy) is 2. The van der Waals surface area contributed by atoms with E-state index in [9.17, 15) is 19.2 Å². The average Bonchev–Trinajstić information content (AvgIpc) is 3.17. The van der Waals surface area contributed by atoms with Crippen molar-refractivity contribution >= 4 is 23.6 Å². The molecule has 0 spiro atoms. The second kappa shape index (κ2) is 8.94. The Kier molecular flexibility index (Phi) is 6.16. The number of amides is 2. The molecule has 28 heavy (non-hydrogen) atoms. The predicted octanol–water partition coefficient (Wildman–Crippen LogP) is 1.99. The van der Waals surface area contributed by atoms with Crippen molar-refractivity contribution in [2.24, 2.45) is 0 Å². The highest BCUT2D eigenvalue weighted by Gasteiger charge is 2.26. The van der Waals surface area contributed by atoms with Gasteiger partial charge in [0.2, 0.25) is 5.91 Å². The molecule has 0 atom stereocenters. The van der Waals surface area contributed by atoms with Crippen LogP contribution >= 0.6 is 0 Å². The lowest BCUT2D eigenvalue weighted by atomic mass is 10.0. The first-order chi connectivity index (χ1) is 13.5. The van der Waals surface area contributed by atoms with Gasteiger partial charge in [-0.25, -0.2) is 4.79 Å². The number of ketones is 1. The van der Waals surface area contributed by atoms with Crippen molar-refractivity contribution in [3.8, 4) is 5.75 Å². The number of carbonyl (C=O) groups is 4. The number of nitrogens with zero attached hydrogens (tertiary/aromatic N) is 1. The van der Waals surface area contributed by atoms with Gasteiger partial charge in [-0.2, -0.15) is 0 Å². The van der Waals surface area contributed by atoms with Crippen LogP contribution in [0.3, 0.4) is 0 Å². The topological polar surface area (TPSA) is 90.0 Å². The third kappa shape index (κ3) is 4.82. The monoisotopic (exact) mass is 381 g/mol. The molecule has 144 valence electrons. The highest BCUT2D eigenvalue weighted by molar-refractivity contribution is 6.09. The Labute approximate surface area is 161 Å². The summed E-state index contributed by atoms with van der Waals surface area (Å²) in [5, 5.41) is 0. The van der Waals surface area contributed by atoms with Crippen molar-refractivity contribution in [1.29, 1.82) is 0 Å². The molecule has 3 rings (SSSR count). The molecule has 2 amide bonds. The summed E-state index contributed by atoms with van der Waals surface area (Å²) in [6.07, 6.45) is 0.968. The van der Waals surface area contributed by atoms with E-state index < -0.39 is 18.5 Å². The number of rotatable bonds is 7. The van der Waals surface area contributed by atoms with Gasteiger partial charge in [-0.15, -0.1) is 0 Å². The van der Waals surface area contributed by atoms with Crippen molar-refractivity contribution in [1.82, 2.24) is 4.90 Å². The molecular formula is C21H19NO6. The third-order valence-electron chi connectivity index (χ3n) is 4.24. The maximum absolute atomic E-state index is 12.3. The molecule has 0 unspecified atom stereocenters. The molecule has 7 nitrogen and oxygen atoms in total. The lowest BCUT2D eigenvalue weighted by Gasteiger charge is -2.13. The Morgan fingerprint density at radius 3 is 2.21 bits per heavy atom. The van der Waals surface area contributed by atoms with Crippen molar-refractivity contribution < 1.29 is 28.7 Å². The zero-order valence-electron chi connectivity index (χ0n) is 15.1. The first-order valence-electron chi connectivity index (χ1n) is 8.86. The molecule has 1 aliphatic rings. The molecule has 0 aliphatic carbocycles. The van der Waals surface area contributed by atoms with Gasteiger partial charge in [-0.05, 0) is 30.7 Å². The van der Waals surface area contributed by atoms with Crippen molar-refractivity contribution in [2.75, 3.05) is 19.8 Å². The average molecular weight is 381 g/mol. The van der Waals surface area contributed by atoms with E-state index >= 15 is 0 Å². The van der Waals surface area contributed by atoms with E-state index in [2.05, 4.69) is 0 Å². The second-order valence-electron chi connectivity index (χ2n) is 6.21.